The summed E-state index contributed by atoms with van der Waals surface area (Å²) in [5.41, 5.74) is 8.31. The first-order chi connectivity index (χ1) is 8.15. The first-order valence-electron chi connectivity index (χ1n) is 5.39. The van der Waals surface area contributed by atoms with Gasteiger partial charge in [-0.05, 0) is 47.9 Å². The Morgan fingerprint density at radius 2 is 1.71 bits per heavy atom. The highest BCUT2D eigenvalue weighted by Gasteiger charge is 2.05. The van der Waals surface area contributed by atoms with Gasteiger partial charge in [0.2, 0.25) is 0 Å². The molecule has 0 saturated heterocycles. The number of anilines is 1. The number of hydrogen-bond donors (Lipinski definition) is 1. The zero-order chi connectivity index (χ0) is 12.3. The molecule has 0 saturated carbocycles. The van der Waals surface area contributed by atoms with Crippen LogP contribution < -0.4 is 10.3 Å². The number of nitrogen functional groups attached to an aromatic ring is 1. The summed E-state index contributed by atoms with van der Waals surface area (Å²) >= 11 is 0. The monoisotopic (exact) mass is 227 g/mol. The summed E-state index contributed by atoms with van der Waals surface area (Å²) in [6.07, 6.45) is 2.01. The molecule has 4 nitrogen and oxygen atoms in total. The molecule has 1 aromatic heterocycles. The number of hydrogen-bond acceptors (Lipinski definition) is 3. The second-order valence-electron chi connectivity index (χ2n) is 3.97. The third kappa shape index (κ3) is 2.87. The summed E-state index contributed by atoms with van der Waals surface area (Å²) in [4.78, 5) is 0. The fourth-order valence-electron chi connectivity index (χ4n) is 1.49. The van der Waals surface area contributed by atoms with E-state index in [2.05, 4.69) is 10.2 Å². The third-order valence-electron chi connectivity index (χ3n) is 2.41. The van der Waals surface area contributed by atoms with Gasteiger partial charge in [-0.15, -0.1) is 0 Å². The number of nitrogens with zero attached hydrogens (tertiary/aromatic N) is 3. The van der Waals surface area contributed by atoms with Crippen LogP contribution in [0.25, 0.3) is 0 Å². The lowest BCUT2D eigenvalue weighted by Gasteiger charge is -1.94. The molecular formula is C13H15N4+. The first-order valence-corrected chi connectivity index (χ1v) is 5.39. The van der Waals surface area contributed by atoms with Crippen LogP contribution in [-0.4, -0.2) is 0 Å². The maximum atomic E-state index is 5.60. The van der Waals surface area contributed by atoms with Gasteiger partial charge in [0.1, 0.15) is 5.69 Å². The Bertz CT molecular complexity index is 544. The summed E-state index contributed by atoms with van der Waals surface area (Å²) < 4.78 is 1.94. The van der Waals surface area contributed by atoms with Crippen LogP contribution in [-0.2, 0) is 7.05 Å². The lowest BCUT2D eigenvalue weighted by atomic mass is 10.3. The third-order valence-corrected chi connectivity index (χ3v) is 2.41. The fraction of sp³-hybridized carbons (Fsp3) is 0.154. The van der Waals surface area contributed by atoms with Crippen molar-refractivity contribution in [3.63, 3.8) is 0 Å². The van der Waals surface area contributed by atoms with Gasteiger partial charge in [-0.2, -0.15) is 0 Å². The van der Waals surface area contributed by atoms with Gasteiger partial charge >= 0.3 is 5.82 Å². The van der Waals surface area contributed by atoms with Crippen LogP contribution in [0.15, 0.2) is 52.8 Å². The van der Waals surface area contributed by atoms with Crippen LogP contribution in [0.1, 0.15) is 5.56 Å². The van der Waals surface area contributed by atoms with Gasteiger partial charge in [0.15, 0.2) is 0 Å². The summed E-state index contributed by atoms with van der Waals surface area (Å²) in [6, 6.07) is 11.3. The van der Waals surface area contributed by atoms with Gasteiger partial charge < -0.3 is 5.73 Å². The van der Waals surface area contributed by atoms with E-state index in [4.69, 9.17) is 5.73 Å². The number of pyridine rings is 1. The van der Waals surface area contributed by atoms with E-state index >= 15 is 0 Å². The van der Waals surface area contributed by atoms with E-state index < -0.39 is 0 Å². The van der Waals surface area contributed by atoms with Gasteiger partial charge in [-0.1, -0.05) is 0 Å². The average Bonchev–Trinajstić information content (AvgIpc) is 2.30. The number of nitrogens with two attached hydrogens (primary N) is 1. The molecule has 2 rings (SSSR count). The molecule has 4 heteroatoms. The maximum Gasteiger partial charge on any atom is 0.350 e. The van der Waals surface area contributed by atoms with E-state index in [9.17, 15) is 0 Å². The normalized spacial score (nSPS) is 10.9. The molecule has 2 N–H and O–H groups in total. The van der Waals surface area contributed by atoms with E-state index in [1.54, 1.807) is 0 Å². The number of rotatable bonds is 2. The van der Waals surface area contributed by atoms with Crippen molar-refractivity contribution >= 4 is 17.2 Å². The Balaban J connectivity index is 2.23. The van der Waals surface area contributed by atoms with Crippen LogP contribution in [0.3, 0.4) is 0 Å². The molecule has 0 radical (unpaired) electrons. The summed E-state index contributed by atoms with van der Waals surface area (Å²) in [5, 5.41) is 8.35. The Kier molecular flexibility index (Phi) is 3.14. The molecule has 86 valence electrons. The summed E-state index contributed by atoms with van der Waals surface area (Å²) in [6.45, 7) is 2.04. The SMILES string of the molecule is Cc1ccc(N=Nc2ccc(N)cc2)[n+](C)c1. The highest BCUT2D eigenvalue weighted by atomic mass is 15.2. The van der Waals surface area contributed by atoms with Crippen molar-refractivity contribution in [1.82, 2.24) is 0 Å². The van der Waals surface area contributed by atoms with Crippen molar-refractivity contribution in [2.75, 3.05) is 5.73 Å². The van der Waals surface area contributed by atoms with E-state index in [0.717, 1.165) is 17.2 Å². The molecule has 1 heterocycles. The minimum absolute atomic E-state index is 0.727. The number of aromatic nitrogens is 1. The second kappa shape index (κ2) is 4.74. The predicted molar refractivity (Wildman–Crippen MR) is 67.4 cm³/mol. The quantitative estimate of drug-likeness (QED) is 0.478. The van der Waals surface area contributed by atoms with Crippen LogP contribution >= 0.6 is 0 Å². The molecule has 0 amide bonds. The topological polar surface area (TPSA) is 54.6 Å². The lowest BCUT2D eigenvalue weighted by molar-refractivity contribution is -0.658. The van der Waals surface area contributed by atoms with Crippen LogP contribution in [0, 0.1) is 6.92 Å². The smallest absolute Gasteiger partial charge is 0.350 e. The van der Waals surface area contributed by atoms with E-state index in [0.29, 0.717) is 0 Å². The molecule has 2 aromatic rings. The van der Waals surface area contributed by atoms with Crippen molar-refractivity contribution in [2.24, 2.45) is 17.3 Å². The van der Waals surface area contributed by atoms with Gasteiger partial charge in [0.05, 0.1) is 18.4 Å². The summed E-state index contributed by atoms with van der Waals surface area (Å²) in [7, 11) is 1.95. The Hall–Kier alpha value is -2.23. The van der Waals surface area contributed by atoms with Crippen molar-refractivity contribution in [2.45, 2.75) is 6.92 Å². The van der Waals surface area contributed by atoms with E-state index in [1.807, 2.05) is 61.1 Å². The van der Waals surface area contributed by atoms with Crippen molar-refractivity contribution in [1.29, 1.82) is 0 Å². The molecule has 0 bridgehead atoms. The van der Waals surface area contributed by atoms with Crippen molar-refractivity contribution in [3.8, 4) is 0 Å². The summed E-state index contributed by atoms with van der Waals surface area (Å²) in [5.74, 6) is 0.812. The van der Waals surface area contributed by atoms with E-state index in [1.165, 1.54) is 5.56 Å². The number of aryl methyl sites for hydroxylation is 2. The molecule has 0 unspecified atom stereocenters. The predicted octanol–water partition coefficient (Wildman–Crippen LogP) is 2.82. The maximum absolute atomic E-state index is 5.60. The zero-order valence-electron chi connectivity index (χ0n) is 9.96. The molecule has 0 aliphatic rings. The molecule has 0 spiro atoms. The average molecular weight is 227 g/mol. The second-order valence-corrected chi connectivity index (χ2v) is 3.97. The number of benzene rings is 1. The van der Waals surface area contributed by atoms with E-state index in [-0.39, 0.29) is 0 Å². The minimum atomic E-state index is 0.727. The minimum Gasteiger partial charge on any atom is -0.399 e. The van der Waals surface area contributed by atoms with Gasteiger partial charge in [0.25, 0.3) is 0 Å². The molecule has 0 aliphatic heterocycles. The van der Waals surface area contributed by atoms with Gasteiger partial charge in [-0.3, -0.25) is 0 Å². The standard InChI is InChI=1S/C13H14N4/c1-10-3-8-13(17(2)9-10)16-15-12-6-4-11(14)5-7-12/h3-9,14H,1-2H3/p+1. The largest absolute Gasteiger partial charge is 0.399 e. The Morgan fingerprint density at radius 1 is 1.00 bits per heavy atom. The molecule has 0 atom stereocenters. The first kappa shape index (κ1) is 11.3. The lowest BCUT2D eigenvalue weighted by Crippen LogP contribution is -2.27. The molecule has 1 aromatic carbocycles. The van der Waals surface area contributed by atoms with Crippen molar-refractivity contribution < 1.29 is 4.57 Å². The van der Waals surface area contributed by atoms with Gasteiger partial charge in [0, 0.05) is 11.8 Å². The molecule has 0 aliphatic carbocycles. The zero-order valence-corrected chi connectivity index (χ0v) is 9.96. The molecule has 17 heavy (non-hydrogen) atoms. The van der Waals surface area contributed by atoms with Crippen LogP contribution in [0.5, 0.6) is 0 Å². The van der Waals surface area contributed by atoms with Crippen LogP contribution in [0.4, 0.5) is 17.2 Å². The highest BCUT2D eigenvalue weighted by molar-refractivity contribution is 5.47. The van der Waals surface area contributed by atoms with Crippen LogP contribution in [0.2, 0.25) is 0 Å². The highest BCUT2D eigenvalue weighted by Crippen LogP contribution is 2.17. The molecule has 0 fully saturated rings. The fourth-order valence-corrected chi connectivity index (χ4v) is 1.49. The number of azo groups is 1. The molecular weight excluding hydrogens is 212 g/mol. The van der Waals surface area contributed by atoms with Crippen molar-refractivity contribution in [3.05, 3.63) is 48.2 Å². The Labute approximate surface area is 100 Å². The van der Waals surface area contributed by atoms with Gasteiger partial charge in [-0.25, -0.2) is 4.57 Å². The Morgan fingerprint density at radius 3 is 2.35 bits per heavy atom.